The molecule has 0 rings (SSSR count). The number of hydrogen-bond acceptors (Lipinski definition) is 0. The van der Waals surface area contributed by atoms with E-state index in [1.165, 1.54) is 6.04 Å². The van der Waals surface area contributed by atoms with Crippen molar-refractivity contribution in [3.63, 3.8) is 0 Å². The van der Waals surface area contributed by atoms with Crippen LogP contribution in [0.2, 0.25) is 25.2 Å². The summed E-state index contributed by atoms with van der Waals surface area (Å²) >= 11 is 12.6. The third kappa shape index (κ3) is 2.26. The van der Waals surface area contributed by atoms with E-state index in [9.17, 15) is 0 Å². The fraction of sp³-hybridized carbons (Fsp3) is 1.00. The van der Waals surface area contributed by atoms with Gasteiger partial charge in [-0.1, -0.05) is 33.0 Å². The van der Waals surface area contributed by atoms with Gasteiger partial charge in [-0.05, 0) is 6.04 Å². The molecule has 0 fully saturated rings. The van der Waals surface area contributed by atoms with Gasteiger partial charge in [-0.3, -0.25) is 0 Å². The quantitative estimate of drug-likeness (QED) is 0.497. The van der Waals surface area contributed by atoms with Crippen LogP contribution in [0.15, 0.2) is 0 Å². The first-order valence-corrected chi connectivity index (χ1v) is 12.2. The molecule has 0 aromatic carbocycles. The molecular formula is C6H16Cl2Si2. The molecule has 0 nitrogen and oxygen atoms in total. The van der Waals surface area contributed by atoms with Crippen LogP contribution in [-0.2, 0) is 0 Å². The highest BCUT2D eigenvalue weighted by Gasteiger charge is 2.43. The second-order valence-electron chi connectivity index (χ2n) is 3.30. The van der Waals surface area contributed by atoms with Crippen LogP contribution in [0, 0.1) is 0 Å². The summed E-state index contributed by atoms with van der Waals surface area (Å²) in [7, 11) is -1.24. The Morgan fingerprint density at radius 3 is 1.50 bits per heavy atom. The Balaban J connectivity index is 4.28. The predicted molar refractivity (Wildman–Crippen MR) is 55.9 cm³/mol. The number of hydrogen-bond donors (Lipinski definition) is 0. The molecule has 10 heavy (non-hydrogen) atoms. The minimum absolute atomic E-state index is 1.00. The molecule has 4 heteroatoms. The molecule has 0 N–H and O–H groups in total. The van der Waals surface area contributed by atoms with Gasteiger partial charge in [0, 0.05) is 0 Å². The highest BCUT2D eigenvalue weighted by Crippen LogP contribution is 2.33. The van der Waals surface area contributed by atoms with Gasteiger partial charge in [0.25, 0.3) is 0 Å². The van der Waals surface area contributed by atoms with Crippen molar-refractivity contribution in [1.29, 1.82) is 0 Å². The van der Waals surface area contributed by atoms with Crippen molar-refractivity contribution in [2.24, 2.45) is 0 Å². The van der Waals surface area contributed by atoms with Crippen molar-refractivity contribution in [2.45, 2.75) is 39.0 Å². The van der Waals surface area contributed by atoms with E-state index in [0.29, 0.717) is 0 Å². The molecule has 0 amide bonds. The molecule has 0 atom stereocenters. The van der Waals surface area contributed by atoms with Crippen molar-refractivity contribution in [3.05, 3.63) is 0 Å². The van der Waals surface area contributed by atoms with Crippen molar-refractivity contribution < 1.29 is 0 Å². The molecule has 0 heterocycles. The summed E-state index contributed by atoms with van der Waals surface area (Å²) in [4.78, 5) is 0. The lowest BCUT2D eigenvalue weighted by Gasteiger charge is -2.31. The number of rotatable bonds is 3. The van der Waals surface area contributed by atoms with E-state index in [0.717, 1.165) is 6.04 Å². The summed E-state index contributed by atoms with van der Waals surface area (Å²) in [5, 5.41) is 0. The molecular weight excluding hydrogens is 199 g/mol. The van der Waals surface area contributed by atoms with E-state index in [2.05, 4.69) is 26.9 Å². The predicted octanol–water partition coefficient (Wildman–Crippen LogP) is 3.73. The lowest BCUT2D eigenvalue weighted by atomic mass is 11.0. The first kappa shape index (κ1) is 11.0. The second kappa shape index (κ2) is 3.61. The topological polar surface area (TPSA) is 0 Å². The zero-order valence-electron chi connectivity index (χ0n) is 7.17. The van der Waals surface area contributed by atoms with E-state index >= 15 is 0 Å². The van der Waals surface area contributed by atoms with Gasteiger partial charge in [0.1, 0.15) is 0 Å². The Morgan fingerprint density at radius 2 is 1.40 bits per heavy atom. The molecule has 0 radical (unpaired) electrons. The maximum atomic E-state index is 6.28. The Hall–Kier alpha value is 1.01. The maximum absolute atomic E-state index is 6.28. The van der Waals surface area contributed by atoms with Gasteiger partial charge in [0.2, 0.25) is 6.21 Å². The first-order chi connectivity index (χ1) is 4.37. The van der Waals surface area contributed by atoms with E-state index in [1.807, 2.05) is 0 Å². The Morgan fingerprint density at radius 1 is 1.00 bits per heavy atom. The number of halogens is 2. The zero-order valence-corrected chi connectivity index (χ0v) is 10.7. The van der Waals surface area contributed by atoms with Crippen LogP contribution in [0.1, 0.15) is 13.8 Å². The SMILES string of the molecule is CC[Si](C)(C)[Si](Cl)(Cl)CC. The normalized spacial score (nSPS) is 13.8. The van der Waals surface area contributed by atoms with Crippen LogP contribution in [0.3, 0.4) is 0 Å². The van der Waals surface area contributed by atoms with Crippen LogP contribution >= 0.6 is 22.2 Å². The maximum Gasteiger partial charge on any atom is 0.238 e. The molecule has 0 saturated heterocycles. The molecule has 0 aliphatic carbocycles. The van der Waals surface area contributed by atoms with Gasteiger partial charge in [-0.15, -0.1) is 22.2 Å². The second-order valence-corrected chi connectivity index (χ2v) is 22.9. The summed E-state index contributed by atoms with van der Waals surface area (Å²) in [6.45, 7) is 8.90. The molecule has 0 saturated carbocycles. The molecule has 0 bridgehead atoms. The average molecular weight is 215 g/mol. The largest absolute Gasteiger partial charge is 0.238 e. The summed E-state index contributed by atoms with van der Waals surface area (Å²) in [5.41, 5.74) is 0. The molecule has 62 valence electrons. The molecule has 0 spiro atoms. The fourth-order valence-electron chi connectivity index (χ4n) is 0.737. The van der Waals surface area contributed by atoms with E-state index in [-0.39, 0.29) is 0 Å². The van der Waals surface area contributed by atoms with Gasteiger partial charge in [-0.25, -0.2) is 0 Å². The highest BCUT2D eigenvalue weighted by atomic mass is 35.7. The Bertz CT molecular complexity index is 98.3. The van der Waals surface area contributed by atoms with Crippen molar-refractivity contribution in [1.82, 2.24) is 0 Å². The third-order valence-corrected chi connectivity index (χ3v) is 25.8. The first-order valence-electron chi connectivity index (χ1n) is 3.75. The van der Waals surface area contributed by atoms with Gasteiger partial charge in [-0.2, -0.15) is 0 Å². The fourth-order valence-corrected chi connectivity index (χ4v) is 9.04. The lowest BCUT2D eigenvalue weighted by molar-refractivity contribution is 1.37. The average Bonchev–Trinajstić information content (AvgIpc) is 1.88. The lowest BCUT2D eigenvalue weighted by Crippen LogP contribution is -2.49. The molecule has 0 aliphatic rings. The third-order valence-electron chi connectivity index (χ3n) is 2.32. The summed E-state index contributed by atoms with van der Waals surface area (Å²) < 4.78 is 0. The Kier molecular flexibility index (Phi) is 3.98. The van der Waals surface area contributed by atoms with Crippen LogP contribution < -0.4 is 0 Å². The van der Waals surface area contributed by atoms with Gasteiger partial charge >= 0.3 is 0 Å². The van der Waals surface area contributed by atoms with Crippen LogP contribution in [-0.4, -0.2) is 13.8 Å². The summed E-state index contributed by atoms with van der Waals surface area (Å²) in [5.74, 6) is 0. The zero-order chi connectivity index (χ0) is 8.41. The van der Waals surface area contributed by atoms with Crippen LogP contribution in [0.5, 0.6) is 0 Å². The monoisotopic (exact) mass is 214 g/mol. The van der Waals surface area contributed by atoms with Crippen molar-refractivity contribution in [3.8, 4) is 0 Å². The van der Waals surface area contributed by atoms with Gasteiger partial charge in [0.15, 0.2) is 0 Å². The smallest absolute Gasteiger partial charge is 0.150 e. The molecule has 0 unspecified atom stereocenters. The summed E-state index contributed by atoms with van der Waals surface area (Å²) in [6, 6.07) is 2.21. The standard InChI is InChI=1S/C6H16Cl2Si2/c1-5-9(3,4)10(7,8)6-2/h5-6H2,1-4H3. The molecule has 0 aromatic heterocycles. The van der Waals surface area contributed by atoms with E-state index in [1.54, 1.807) is 0 Å². The highest BCUT2D eigenvalue weighted by molar-refractivity contribution is 7.74. The van der Waals surface area contributed by atoms with Gasteiger partial charge in [0.05, 0.1) is 7.59 Å². The Labute approximate surface area is 75.1 Å². The minimum Gasteiger partial charge on any atom is -0.150 e. The van der Waals surface area contributed by atoms with Crippen LogP contribution in [0.25, 0.3) is 0 Å². The van der Waals surface area contributed by atoms with Crippen LogP contribution in [0.4, 0.5) is 0 Å². The molecule has 0 aromatic rings. The summed E-state index contributed by atoms with van der Waals surface area (Å²) in [6.07, 6.45) is -1.82. The van der Waals surface area contributed by atoms with E-state index in [4.69, 9.17) is 22.2 Å². The van der Waals surface area contributed by atoms with Gasteiger partial charge < -0.3 is 0 Å². The minimum atomic E-state index is -1.82. The van der Waals surface area contributed by atoms with E-state index < -0.39 is 13.8 Å². The van der Waals surface area contributed by atoms with Crippen molar-refractivity contribution >= 4 is 36.0 Å². The van der Waals surface area contributed by atoms with Crippen molar-refractivity contribution in [2.75, 3.05) is 0 Å². The molecule has 0 aliphatic heterocycles.